The van der Waals surface area contributed by atoms with Crippen molar-refractivity contribution in [2.24, 2.45) is 0 Å². The number of nitrogens with zero attached hydrogens (tertiary/aromatic N) is 2. The van der Waals surface area contributed by atoms with Crippen LogP contribution in [0, 0.1) is 24.0 Å². The molecule has 0 radical (unpaired) electrons. The van der Waals surface area contributed by atoms with Gasteiger partial charge < -0.3 is 10.4 Å². The van der Waals surface area contributed by atoms with Gasteiger partial charge in [-0.05, 0) is 33.7 Å². The Hall–Kier alpha value is -1.53. The maximum Gasteiger partial charge on any atom is 0.278 e. The fourth-order valence-corrected chi connectivity index (χ4v) is 1.74. The Morgan fingerprint density at radius 3 is 2.78 bits per heavy atom. The molecule has 0 fully saturated rings. The van der Waals surface area contributed by atoms with Gasteiger partial charge in [0.15, 0.2) is 0 Å². The van der Waals surface area contributed by atoms with Crippen LogP contribution in [0.3, 0.4) is 0 Å². The molecule has 1 rings (SSSR count). The van der Waals surface area contributed by atoms with Crippen LogP contribution in [0.15, 0.2) is 6.20 Å². The number of hydrogen-bond acceptors (Lipinski definition) is 5. The molecule has 1 atom stereocenters. The largest absolute Gasteiger partial charge is 0.393 e. The molecule has 1 aromatic heterocycles. The van der Waals surface area contributed by atoms with E-state index >= 15 is 0 Å². The highest BCUT2D eigenvalue weighted by Crippen LogP contribution is 2.23. The smallest absolute Gasteiger partial charge is 0.278 e. The third-order valence-electron chi connectivity index (χ3n) is 2.79. The molecule has 1 aromatic rings. The van der Waals surface area contributed by atoms with Gasteiger partial charge in [-0.1, -0.05) is 0 Å². The van der Waals surface area contributed by atoms with E-state index < -0.39 is 0 Å². The Morgan fingerprint density at radius 2 is 2.22 bits per heavy atom. The third kappa shape index (κ3) is 3.75. The van der Waals surface area contributed by atoms with Crippen LogP contribution in [0.5, 0.6) is 0 Å². The van der Waals surface area contributed by atoms with Crippen LogP contribution in [0.2, 0.25) is 0 Å². The van der Waals surface area contributed by atoms with Crippen LogP contribution in [-0.4, -0.2) is 27.7 Å². The minimum Gasteiger partial charge on any atom is -0.393 e. The zero-order valence-corrected chi connectivity index (χ0v) is 10.9. The van der Waals surface area contributed by atoms with E-state index in [9.17, 15) is 10.1 Å². The molecule has 100 valence electrons. The highest BCUT2D eigenvalue weighted by Gasteiger charge is 2.18. The zero-order chi connectivity index (χ0) is 13.7. The molecule has 1 heterocycles. The SMILES string of the molecule is Cc1cnc(CNCCC(C)O)c(C)c1[N+](=O)[O-]. The summed E-state index contributed by atoms with van der Waals surface area (Å²) in [6.45, 7) is 6.24. The number of rotatable bonds is 6. The van der Waals surface area contributed by atoms with E-state index in [1.54, 1.807) is 20.8 Å². The molecule has 2 N–H and O–H groups in total. The molecule has 0 aliphatic heterocycles. The molecule has 6 nitrogen and oxygen atoms in total. The number of nitro groups is 1. The van der Waals surface area contributed by atoms with Crippen molar-refractivity contribution in [3.8, 4) is 0 Å². The zero-order valence-electron chi connectivity index (χ0n) is 10.9. The van der Waals surface area contributed by atoms with Gasteiger partial charge in [0.05, 0.1) is 16.7 Å². The van der Waals surface area contributed by atoms with Crippen molar-refractivity contribution in [3.63, 3.8) is 0 Å². The van der Waals surface area contributed by atoms with E-state index in [-0.39, 0.29) is 16.7 Å². The lowest BCUT2D eigenvalue weighted by Crippen LogP contribution is -2.20. The molecule has 1 unspecified atom stereocenters. The van der Waals surface area contributed by atoms with Crippen molar-refractivity contribution in [2.75, 3.05) is 6.54 Å². The molecular formula is C12H19N3O3. The number of aryl methyl sites for hydroxylation is 1. The molecule has 0 spiro atoms. The van der Waals surface area contributed by atoms with Crippen LogP contribution in [-0.2, 0) is 6.54 Å². The third-order valence-corrected chi connectivity index (χ3v) is 2.79. The quantitative estimate of drug-likeness (QED) is 0.455. The molecule has 0 aliphatic rings. The van der Waals surface area contributed by atoms with E-state index in [2.05, 4.69) is 10.3 Å². The Bertz CT molecular complexity index is 433. The normalized spacial score (nSPS) is 12.4. The molecule has 0 bridgehead atoms. The van der Waals surface area contributed by atoms with Gasteiger partial charge >= 0.3 is 0 Å². The van der Waals surface area contributed by atoms with Gasteiger partial charge in [0.25, 0.3) is 5.69 Å². The van der Waals surface area contributed by atoms with Crippen LogP contribution < -0.4 is 5.32 Å². The van der Waals surface area contributed by atoms with Crippen LogP contribution in [0.4, 0.5) is 5.69 Å². The Labute approximate surface area is 106 Å². The topological polar surface area (TPSA) is 88.3 Å². The number of aliphatic hydroxyl groups excluding tert-OH is 1. The van der Waals surface area contributed by atoms with Gasteiger partial charge in [0, 0.05) is 23.9 Å². The van der Waals surface area contributed by atoms with Gasteiger partial charge in [0.1, 0.15) is 0 Å². The second-order valence-corrected chi connectivity index (χ2v) is 4.43. The molecular weight excluding hydrogens is 234 g/mol. The first kappa shape index (κ1) is 14.5. The lowest BCUT2D eigenvalue weighted by molar-refractivity contribution is -0.386. The van der Waals surface area contributed by atoms with Crippen molar-refractivity contribution >= 4 is 5.69 Å². The first-order valence-corrected chi connectivity index (χ1v) is 5.91. The Kier molecular flexibility index (Phi) is 5.18. The number of aliphatic hydroxyl groups is 1. The highest BCUT2D eigenvalue weighted by atomic mass is 16.6. The highest BCUT2D eigenvalue weighted by molar-refractivity contribution is 5.47. The first-order chi connectivity index (χ1) is 8.43. The van der Waals surface area contributed by atoms with E-state index in [1.807, 2.05) is 0 Å². The van der Waals surface area contributed by atoms with Gasteiger partial charge in [-0.2, -0.15) is 0 Å². The summed E-state index contributed by atoms with van der Waals surface area (Å²) in [6, 6.07) is 0. The molecule has 0 aromatic carbocycles. The van der Waals surface area contributed by atoms with Crippen molar-refractivity contribution < 1.29 is 10.0 Å². The van der Waals surface area contributed by atoms with E-state index in [4.69, 9.17) is 5.11 Å². The summed E-state index contributed by atoms with van der Waals surface area (Å²) in [4.78, 5) is 14.8. The van der Waals surface area contributed by atoms with Crippen LogP contribution in [0.25, 0.3) is 0 Å². The number of pyridine rings is 1. The minimum atomic E-state index is -0.369. The lowest BCUT2D eigenvalue weighted by Gasteiger charge is -2.09. The second kappa shape index (κ2) is 6.42. The molecule has 0 amide bonds. The van der Waals surface area contributed by atoms with E-state index in [1.165, 1.54) is 6.20 Å². The minimum absolute atomic E-state index is 0.136. The van der Waals surface area contributed by atoms with E-state index in [0.717, 1.165) is 0 Å². The summed E-state index contributed by atoms with van der Waals surface area (Å²) >= 11 is 0. The Balaban J connectivity index is 2.73. The Morgan fingerprint density at radius 1 is 1.56 bits per heavy atom. The summed E-state index contributed by atoms with van der Waals surface area (Å²) in [5, 5.41) is 23.2. The maximum absolute atomic E-state index is 10.9. The van der Waals surface area contributed by atoms with Gasteiger partial charge in [-0.3, -0.25) is 15.1 Å². The molecule has 0 saturated heterocycles. The monoisotopic (exact) mass is 253 g/mol. The van der Waals surface area contributed by atoms with Crippen molar-refractivity contribution in [1.29, 1.82) is 0 Å². The fourth-order valence-electron chi connectivity index (χ4n) is 1.74. The van der Waals surface area contributed by atoms with Crippen molar-refractivity contribution in [3.05, 3.63) is 33.1 Å². The summed E-state index contributed by atoms with van der Waals surface area (Å²) in [5.74, 6) is 0. The number of nitrogens with one attached hydrogen (secondary N) is 1. The molecule has 18 heavy (non-hydrogen) atoms. The van der Waals surface area contributed by atoms with Crippen molar-refractivity contribution in [2.45, 2.75) is 39.8 Å². The maximum atomic E-state index is 10.9. The van der Waals surface area contributed by atoms with Gasteiger partial charge in [-0.15, -0.1) is 0 Å². The summed E-state index contributed by atoms with van der Waals surface area (Å²) in [6.07, 6.45) is 1.82. The second-order valence-electron chi connectivity index (χ2n) is 4.43. The van der Waals surface area contributed by atoms with E-state index in [0.29, 0.717) is 36.3 Å². The average Bonchev–Trinajstić information content (AvgIpc) is 2.26. The predicted octanol–water partition coefficient (Wildman–Crippen LogP) is 1.47. The summed E-state index contributed by atoms with van der Waals surface area (Å²) < 4.78 is 0. The predicted molar refractivity (Wildman–Crippen MR) is 68.4 cm³/mol. The molecule has 0 saturated carbocycles. The first-order valence-electron chi connectivity index (χ1n) is 5.91. The average molecular weight is 253 g/mol. The number of hydrogen-bond donors (Lipinski definition) is 2. The molecule has 6 heteroatoms. The van der Waals surface area contributed by atoms with Crippen molar-refractivity contribution in [1.82, 2.24) is 10.3 Å². The molecule has 0 aliphatic carbocycles. The standard InChI is InChI=1S/C12H19N3O3/c1-8-6-14-11(7-13-5-4-9(2)16)10(3)12(8)15(17)18/h6,9,13,16H,4-5,7H2,1-3H3. The summed E-state index contributed by atoms with van der Waals surface area (Å²) in [7, 11) is 0. The van der Waals surface area contributed by atoms with Gasteiger partial charge in [-0.25, -0.2) is 0 Å². The van der Waals surface area contributed by atoms with Crippen LogP contribution >= 0.6 is 0 Å². The summed E-state index contributed by atoms with van der Waals surface area (Å²) in [5.41, 5.74) is 1.99. The van der Waals surface area contributed by atoms with Gasteiger partial charge in [0.2, 0.25) is 0 Å². The fraction of sp³-hybridized carbons (Fsp3) is 0.583. The van der Waals surface area contributed by atoms with Crippen LogP contribution in [0.1, 0.15) is 30.2 Å². The lowest BCUT2D eigenvalue weighted by atomic mass is 10.1. The number of aromatic nitrogens is 1.